The van der Waals surface area contributed by atoms with Crippen molar-refractivity contribution in [1.82, 2.24) is 5.32 Å². The highest BCUT2D eigenvalue weighted by Gasteiger charge is 2.01. The molecular weight excluding hydrogens is 230 g/mol. The molecule has 0 aliphatic heterocycles. The van der Waals surface area contributed by atoms with Gasteiger partial charge in [0.1, 0.15) is 0 Å². The van der Waals surface area contributed by atoms with Gasteiger partial charge in [0.25, 0.3) is 0 Å². The first kappa shape index (κ1) is 14.7. The van der Waals surface area contributed by atoms with E-state index in [9.17, 15) is 0 Å². The molecule has 1 N–H and O–H groups in total. The number of thiophene rings is 1. The van der Waals surface area contributed by atoms with Gasteiger partial charge < -0.3 is 10.1 Å². The average Bonchev–Trinajstić information content (AvgIpc) is 2.55. The molecule has 0 aliphatic rings. The third kappa shape index (κ3) is 6.20. The lowest BCUT2D eigenvalue weighted by Crippen LogP contribution is -2.17. The number of nitrogens with one attached hydrogen (secondary N) is 1. The highest BCUT2D eigenvalue weighted by molar-refractivity contribution is 7.12. The van der Waals surface area contributed by atoms with Crippen molar-refractivity contribution < 1.29 is 4.74 Å². The lowest BCUT2D eigenvalue weighted by Gasteiger charge is -2.07. The van der Waals surface area contributed by atoms with Gasteiger partial charge in [-0.25, -0.2) is 0 Å². The van der Waals surface area contributed by atoms with Gasteiger partial charge in [-0.2, -0.15) is 0 Å². The molecule has 1 aromatic heterocycles. The second-order valence-corrected chi connectivity index (χ2v) is 6.40. The molecule has 0 saturated heterocycles. The van der Waals surface area contributed by atoms with Crippen LogP contribution in [0.3, 0.4) is 0 Å². The molecule has 2 nitrogen and oxygen atoms in total. The minimum Gasteiger partial charge on any atom is -0.381 e. The van der Waals surface area contributed by atoms with E-state index in [0.717, 1.165) is 32.7 Å². The summed E-state index contributed by atoms with van der Waals surface area (Å²) in [6.45, 7) is 12.5. The molecule has 17 heavy (non-hydrogen) atoms. The fourth-order valence-electron chi connectivity index (χ4n) is 1.70. The average molecular weight is 255 g/mol. The zero-order valence-corrected chi connectivity index (χ0v) is 12.3. The Kier molecular flexibility index (Phi) is 6.78. The van der Waals surface area contributed by atoms with Gasteiger partial charge in [-0.3, -0.25) is 0 Å². The smallest absolute Gasteiger partial charge is 0.0489 e. The van der Waals surface area contributed by atoms with Crippen molar-refractivity contribution in [2.24, 2.45) is 5.92 Å². The summed E-state index contributed by atoms with van der Waals surface area (Å²) in [6.07, 6.45) is 1.09. The van der Waals surface area contributed by atoms with Crippen LogP contribution in [-0.2, 0) is 11.3 Å². The summed E-state index contributed by atoms with van der Waals surface area (Å²) in [7, 11) is 0. The Morgan fingerprint density at radius 3 is 2.71 bits per heavy atom. The van der Waals surface area contributed by atoms with E-state index in [2.05, 4.69) is 39.1 Å². The summed E-state index contributed by atoms with van der Waals surface area (Å²) in [5.74, 6) is 0.638. The van der Waals surface area contributed by atoms with Crippen molar-refractivity contribution in [2.45, 2.75) is 40.7 Å². The van der Waals surface area contributed by atoms with Gasteiger partial charge in [-0.15, -0.1) is 11.3 Å². The summed E-state index contributed by atoms with van der Waals surface area (Å²) in [6, 6.07) is 2.28. The third-order valence-electron chi connectivity index (χ3n) is 2.55. The normalized spacial score (nSPS) is 11.4. The molecule has 0 saturated carbocycles. The fraction of sp³-hybridized carbons (Fsp3) is 0.714. The number of hydrogen-bond acceptors (Lipinski definition) is 3. The van der Waals surface area contributed by atoms with Crippen molar-refractivity contribution in [1.29, 1.82) is 0 Å². The van der Waals surface area contributed by atoms with E-state index in [4.69, 9.17) is 4.74 Å². The van der Waals surface area contributed by atoms with Crippen LogP contribution >= 0.6 is 11.3 Å². The molecule has 0 atom stereocenters. The molecule has 0 unspecified atom stereocenters. The topological polar surface area (TPSA) is 21.3 Å². The molecule has 0 aromatic carbocycles. The summed E-state index contributed by atoms with van der Waals surface area (Å²) in [5, 5.41) is 3.47. The lowest BCUT2D eigenvalue weighted by molar-refractivity contribution is 0.108. The number of aryl methyl sites for hydroxylation is 2. The van der Waals surface area contributed by atoms with Crippen LogP contribution < -0.4 is 5.32 Å². The Balaban J connectivity index is 2.03. The molecule has 0 amide bonds. The fourth-order valence-corrected chi connectivity index (χ4v) is 2.65. The zero-order valence-electron chi connectivity index (χ0n) is 11.5. The molecular formula is C14H25NOS. The maximum atomic E-state index is 5.54. The SMILES string of the molecule is Cc1cc(CNCCCOCC(C)C)c(C)s1. The quantitative estimate of drug-likeness (QED) is 0.718. The van der Waals surface area contributed by atoms with E-state index in [-0.39, 0.29) is 0 Å². The van der Waals surface area contributed by atoms with Crippen molar-refractivity contribution in [3.8, 4) is 0 Å². The van der Waals surface area contributed by atoms with Gasteiger partial charge in [0.05, 0.1) is 0 Å². The second-order valence-electron chi connectivity index (χ2n) is 4.94. The van der Waals surface area contributed by atoms with Gasteiger partial charge in [0.2, 0.25) is 0 Å². The van der Waals surface area contributed by atoms with Crippen LogP contribution in [0.25, 0.3) is 0 Å². The Hall–Kier alpha value is -0.380. The Bertz CT molecular complexity index is 320. The van der Waals surface area contributed by atoms with E-state index < -0.39 is 0 Å². The minimum atomic E-state index is 0.638. The van der Waals surface area contributed by atoms with Gasteiger partial charge in [0.15, 0.2) is 0 Å². The monoisotopic (exact) mass is 255 g/mol. The molecule has 98 valence electrons. The Morgan fingerprint density at radius 2 is 2.12 bits per heavy atom. The zero-order chi connectivity index (χ0) is 12.7. The van der Waals surface area contributed by atoms with E-state index in [1.165, 1.54) is 15.3 Å². The molecule has 0 fully saturated rings. The third-order valence-corrected chi connectivity index (χ3v) is 3.56. The molecule has 0 bridgehead atoms. The van der Waals surface area contributed by atoms with Gasteiger partial charge >= 0.3 is 0 Å². The van der Waals surface area contributed by atoms with Gasteiger partial charge in [0, 0.05) is 29.5 Å². The van der Waals surface area contributed by atoms with Crippen LogP contribution in [0.4, 0.5) is 0 Å². The molecule has 1 rings (SSSR count). The predicted molar refractivity (Wildman–Crippen MR) is 75.8 cm³/mol. The van der Waals surface area contributed by atoms with Crippen molar-refractivity contribution in [3.05, 3.63) is 21.4 Å². The van der Waals surface area contributed by atoms with E-state index >= 15 is 0 Å². The van der Waals surface area contributed by atoms with Crippen molar-refractivity contribution >= 4 is 11.3 Å². The number of hydrogen-bond donors (Lipinski definition) is 1. The van der Waals surface area contributed by atoms with Crippen LogP contribution in [0.5, 0.6) is 0 Å². The molecule has 0 spiro atoms. The maximum absolute atomic E-state index is 5.54. The molecule has 0 radical (unpaired) electrons. The largest absolute Gasteiger partial charge is 0.381 e. The number of ether oxygens (including phenoxy) is 1. The standard InChI is InChI=1S/C14H25NOS/c1-11(2)10-16-7-5-6-15-9-14-8-12(3)17-13(14)4/h8,11,15H,5-7,9-10H2,1-4H3. The Labute approximate surface area is 109 Å². The summed E-state index contributed by atoms with van der Waals surface area (Å²) < 4.78 is 5.54. The van der Waals surface area contributed by atoms with E-state index in [1.54, 1.807) is 0 Å². The summed E-state index contributed by atoms with van der Waals surface area (Å²) in [4.78, 5) is 2.84. The maximum Gasteiger partial charge on any atom is 0.0489 e. The van der Waals surface area contributed by atoms with Crippen molar-refractivity contribution in [2.75, 3.05) is 19.8 Å². The second kappa shape index (κ2) is 7.85. The first-order chi connectivity index (χ1) is 8.09. The van der Waals surface area contributed by atoms with Crippen LogP contribution in [0.1, 0.15) is 35.6 Å². The lowest BCUT2D eigenvalue weighted by atomic mass is 10.2. The highest BCUT2D eigenvalue weighted by atomic mass is 32.1. The van der Waals surface area contributed by atoms with Gasteiger partial charge in [-0.05, 0) is 44.4 Å². The van der Waals surface area contributed by atoms with Crippen LogP contribution in [0, 0.1) is 19.8 Å². The molecule has 1 aromatic rings. The first-order valence-electron chi connectivity index (χ1n) is 6.44. The van der Waals surface area contributed by atoms with Crippen LogP contribution in [0.2, 0.25) is 0 Å². The summed E-state index contributed by atoms with van der Waals surface area (Å²) in [5.41, 5.74) is 1.44. The van der Waals surface area contributed by atoms with Gasteiger partial charge in [-0.1, -0.05) is 13.8 Å². The first-order valence-corrected chi connectivity index (χ1v) is 7.25. The van der Waals surface area contributed by atoms with E-state index in [0.29, 0.717) is 5.92 Å². The minimum absolute atomic E-state index is 0.638. The van der Waals surface area contributed by atoms with Crippen LogP contribution in [-0.4, -0.2) is 19.8 Å². The van der Waals surface area contributed by atoms with Crippen molar-refractivity contribution in [3.63, 3.8) is 0 Å². The van der Waals surface area contributed by atoms with E-state index in [1.807, 2.05) is 11.3 Å². The predicted octanol–water partition coefficient (Wildman–Crippen LogP) is 3.52. The number of rotatable bonds is 8. The highest BCUT2D eigenvalue weighted by Crippen LogP contribution is 2.20. The molecule has 0 aliphatic carbocycles. The summed E-state index contributed by atoms with van der Waals surface area (Å²) >= 11 is 1.88. The molecule has 3 heteroatoms. The van der Waals surface area contributed by atoms with Crippen LogP contribution in [0.15, 0.2) is 6.07 Å². The molecule has 1 heterocycles. The Morgan fingerprint density at radius 1 is 1.35 bits per heavy atom.